The average molecular weight is 1090 g/mol. The van der Waals surface area contributed by atoms with E-state index in [1.165, 1.54) is 0 Å². The van der Waals surface area contributed by atoms with Crippen molar-refractivity contribution in [2.75, 3.05) is 19.7 Å². The minimum absolute atomic E-state index is 0.0507. The zero-order valence-electron chi connectivity index (χ0n) is 47.9. The van der Waals surface area contributed by atoms with E-state index in [1.54, 1.807) is 118 Å². The second kappa shape index (κ2) is 27.1. The van der Waals surface area contributed by atoms with Crippen molar-refractivity contribution in [3.05, 3.63) is 0 Å². The quantitative estimate of drug-likeness (QED) is 0.0776. The fourth-order valence-corrected chi connectivity index (χ4v) is 8.38. The molecular formula is C51H90N6O19. The number of ether oxygens (including phenoxy) is 10. The van der Waals surface area contributed by atoms with Gasteiger partial charge in [-0.1, -0.05) is 13.8 Å². The molecule has 76 heavy (non-hydrogen) atoms. The van der Waals surface area contributed by atoms with Gasteiger partial charge in [0.05, 0.1) is 36.9 Å². The van der Waals surface area contributed by atoms with Crippen LogP contribution in [0.3, 0.4) is 0 Å². The Labute approximate surface area is 447 Å². The summed E-state index contributed by atoms with van der Waals surface area (Å²) in [5, 5.41) is 40.1. The van der Waals surface area contributed by atoms with Crippen molar-refractivity contribution in [2.45, 2.75) is 252 Å². The molecule has 0 radical (unpaired) electrons. The van der Waals surface area contributed by atoms with Gasteiger partial charge in [-0.2, -0.15) is 0 Å². The number of hydrogen-bond donors (Lipinski definition) is 8. The number of esters is 1. The Morgan fingerprint density at radius 3 is 1.51 bits per heavy atom. The number of alkyl carbamates (subject to hydrolysis) is 5. The highest BCUT2D eigenvalue weighted by atomic mass is 16.7. The van der Waals surface area contributed by atoms with E-state index in [4.69, 9.17) is 47.4 Å². The van der Waals surface area contributed by atoms with E-state index in [0.717, 1.165) is 6.92 Å². The number of nitrogens with one attached hydrogen (secondary N) is 6. The van der Waals surface area contributed by atoms with Gasteiger partial charge in [-0.05, 0) is 130 Å². The third-order valence-corrected chi connectivity index (χ3v) is 11.5. The molecule has 1 saturated carbocycles. The van der Waals surface area contributed by atoms with Gasteiger partial charge in [-0.15, -0.1) is 0 Å². The van der Waals surface area contributed by atoms with Crippen LogP contribution in [0.25, 0.3) is 0 Å². The zero-order chi connectivity index (χ0) is 57.9. The molecule has 0 aromatic heterocycles. The molecule has 8 N–H and O–H groups in total. The smallest absolute Gasteiger partial charge is 0.408 e. The zero-order valence-corrected chi connectivity index (χ0v) is 47.9. The molecule has 25 heteroatoms. The van der Waals surface area contributed by atoms with Crippen molar-refractivity contribution in [3.8, 4) is 0 Å². The molecule has 3 rings (SSSR count). The van der Waals surface area contributed by atoms with Crippen molar-refractivity contribution < 1.29 is 91.1 Å². The van der Waals surface area contributed by atoms with Crippen LogP contribution in [0.15, 0.2) is 0 Å². The van der Waals surface area contributed by atoms with Gasteiger partial charge < -0.3 is 89.5 Å². The lowest BCUT2D eigenvalue weighted by atomic mass is 9.82. The molecule has 6 unspecified atom stereocenters. The van der Waals surface area contributed by atoms with Crippen molar-refractivity contribution in [1.82, 2.24) is 31.9 Å². The Bertz CT molecular complexity index is 1960. The fourth-order valence-electron chi connectivity index (χ4n) is 8.38. The van der Waals surface area contributed by atoms with Gasteiger partial charge in [0.1, 0.15) is 52.4 Å². The van der Waals surface area contributed by atoms with E-state index in [-0.39, 0.29) is 32.4 Å². The van der Waals surface area contributed by atoms with Crippen molar-refractivity contribution in [1.29, 1.82) is 0 Å². The van der Waals surface area contributed by atoms with Crippen LogP contribution < -0.4 is 31.9 Å². The van der Waals surface area contributed by atoms with Gasteiger partial charge in [-0.25, -0.2) is 24.0 Å². The summed E-state index contributed by atoms with van der Waals surface area (Å²) in [6.07, 6.45) is -14.6. The van der Waals surface area contributed by atoms with Crippen LogP contribution in [0, 0.1) is 11.8 Å². The molecule has 2 heterocycles. The van der Waals surface area contributed by atoms with Crippen LogP contribution in [0.1, 0.15) is 150 Å². The molecule has 0 spiro atoms. The van der Waals surface area contributed by atoms with E-state index < -0.39 is 162 Å². The lowest BCUT2D eigenvalue weighted by molar-refractivity contribution is -0.307. The number of aliphatic hydroxyl groups is 2. The van der Waals surface area contributed by atoms with Gasteiger partial charge >= 0.3 is 36.4 Å². The Hall–Kier alpha value is -4.95. The van der Waals surface area contributed by atoms with E-state index >= 15 is 0 Å². The first-order chi connectivity index (χ1) is 34.7. The van der Waals surface area contributed by atoms with Gasteiger partial charge in [0.15, 0.2) is 18.7 Å². The lowest BCUT2D eigenvalue weighted by Gasteiger charge is -2.50. The van der Waals surface area contributed by atoms with Gasteiger partial charge in [-0.3, -0.25) is 9.59 Å². The highest BCUT2D eigenvalue weighted by Gasteiger charge is 2.54. The Kier molecular flexibility index (Phi) is 23.3. The molecule has 2 aliphatic heterocycles. The predicted octanol–water partition coefficient (Wildman–Crippen LogP) is 4.55. The first kappa shape index (κ1) is 65.3. The largest absolute Gasteiger partial charge is 0.457 e. The van der Waals surface area contributed by atoms with Crippen molar-refractivity contribution >= 4 is 42.3 Å². The summed E-state index contributed by atoms with van der Waals surface area (Å²) in [5.74, 6) is -3.00. The third kappa shape index (κ3) is 22.9. The average Bonchev–Trinajstić information content (AvgIpc) is 3.22. The van der Waals surface area contributed by atoms with E-state index in [1.807, 2.05) is 0 Å². The molecular weight excluding hydrogens is 1000 g/mol. The maximum Gasteiger partial charge on any atom is 0.408 e. The molecule has 2 saturated heterocycles. The third-order valence-electron chi connectivity index (χ3n) is 11.5. The molecule has 0 aromatic carbocycles. The molecule has 0 aromatic rings. The topological polar surface area (TPSA) is 324 Å². The second-order valence-corrected chi connectivity index (χ2v) is 24.6. The molecule has 438 valence electrons. The lowest BCUT2D eigenvalue weighted by Crippen LogP contribution is -2.69. The summed E-state index contributed by atoms with van der Waals surface area (Å²) < 4.78 is 59.3. The maximum absolute atomic E-state index is 14.2. The predicted molar refractivity (Wildman–Crippen MR) is 272 cm³/mol. The Balaban J connectivity index is 2.17. The van der Waals surface area contributed by atoms with Crippen LogP contribution in [0.2, 0.25) is 0 Å². The minimum Gasteiger partial charge on any atom is -0.457 e. The number of aliphatic hydroxyl groups excluding tert-OH is 2. The SMILES string of the molecule is CC(=O)O[C@@H]1C(CO)O[C@H](O[C@@H]2C(O)C(O[C@H]3OC(CNC(=O)OC(C)(C)C)CCC3NC(=O)OC(C)(C)C)[C@@H](NC(=O)OC(C)(C)C)C[C@H]2NC(=O)[C@@H](C)CCNC(=O)OC(C)(C)C)C(C)[C@H]1NC(=O)OC(C)(C)C. The number of carbonyl (C=O) groups is 7. The highest BCUT2D eigenvalue weighted by Crippen LogP contribution is 2.36. The number of amides is 6. The molecule has 0 bridgehead atoms. The molecule has 3 fully saturated rings. The minimum atomic E-state index is -1.83. The Morgan fingerprint density at radius 1 is 0.579 bits per heavy atom. The summed E-state index contributed by atoms with van der Waals surface area (Å²) >= 11 is 0. The Morgan fingerprint density at radius 2 is 1.03 bits per heavy atom. The van der Waals surface area contributed by atoms with Crippen molar-refractivity contribution in [2.24, 2.45) is 11.8 Å². The molecule has 3 aliphatic rings. The molecule has 1 aliphatic carbocycles. The van der Waals surface area contributed by atoms with Crippen LogP contribution in [0.4, 0.5) is 24.0 Å². The molecule has 25 nitrogen and oxygen atoms in total. The summed E-state index contributed by atoms with van der Waals surface area (Å²) in [7, 11) is 0. The normalized spacial score (nSPS) is 28.8. The van der Waals surface area contributed by atoms with Crippen LogP contribution in [-0.4, -0.2) is 174 Å². The number of rotatable bonds is 16. The summed E-state index contributed by atoms with van der Waals surface area (Å²) in [4.78, 5) is 92.3. The van der Waals surface area contributed by atoms with Crippen molar-refractivity contribution in [3.63, 3.8) is 0 Å². The standard InChI is InChI=1S/C51H90N6O19/c1-26(21-22-52-42(62)72-47(4,5)6)39(61)54-31-23-32(56-45(65)75-50(13,14)15)37(71-41-30(55-44(64)74-49(10,11)12)20-19-29(68-41)24-53-43(63)73-48(7,8)9)35(60)36(31)70-40-27(2)34(57-46(66)76-51(16,17)18)38(67-28(3)59)33(25-58)69-40/h26-27,29-38,40-41,58,60H,19-25H2,1-18H3,(H,52,62)(H,53,63)(H,54,61)(H,55,64)(H,56,65)(H,57,66)/t26-,27?,29?,30?,31+,32-,33?,34+,35?,36-,37?,38+,40+,41+/m0/s1. The van der Waals surface area contributed by atoms with Crippen LogP contribution >= 0.6 is 0 Å². The monoisotopic (exact) mass is 1090 g/mol. The fraction of sp³-hybridized carbons (Fsp3) is 0.863. The van der Waals surface area contributed by atoms with Gasteiger partial charge in [0.25, 0.3) is 0 Å². The summed E-state index contributed by atoms with van der Waals surface area (Å²) in [6.45, 7) is 28.9. The first-order valence-corrected chi connectivity index (χ1v) is 26.0. The van der Waals surface area contributed by atoms with Crippen LogP contribution in [0.5, 0.6) is 0 Å². The maximum atomic E-state index is 14.2. The van der Waals surface area contributed by atoms with Gasteiger partial charge in [0.2, 0.25) is 5.91 Å². The highest BCUT2D eigenvalue weighted by molar-refractivity contribution is 5.79. The van der Waals surface area contributed by atoms with Crippen LogP contribution in [-0.2, 0) is 57.0 Å². The van der Waals surface area contributed by atoms with E-state index in [2.05, 4.69) is 31.9 Å². The number of carbonyl (C=O) groups excluding carboxylic acids is 7. The van der Waals surface area contributed by atoms with E-state index in [0.29, 0.717) is 6.42 Å². The molecule has 14 atom stereocenters. The number of hydrogen-bond acceptors (Lipinski definition) is 19. The second-order valence-electron chi connectivity index (χ2n) is 24.6. The first-order valence-electron chi connectivity index (χ1n) is 26.0. The molecule has 6 amide bonds. The summed E-state index contributed by atoms with van der Waals surface area (Å²) in [6, 6.07) is -4.48. The summed E-state index contributed by atoms with van der Waals surface area (Å²) in [5.41, 5.74) is -4.41. The van der Waals surface area contributed by atoms with Gasteiger partial charge in [0, 0.05) is 31.8 Å². The van der Waals surface area contributed by atoms with E-state index in [9.17, 15) is 43.8 Å².